The van der Waals surface area contributed by atoms with Crippen molar-refractivity contribution in [2.24, 2.45) is 12.1 Å². The molecule has 0 bridgehead atoms. The molecule has 0 aromatic carbocycles. The molecule has 2 rings (SSSR count). The van der Waals surface area contributed by atoms with Crippen LogP contribution in [-0.2, 0) is 13.6 Å². The molecule has 2 aromatic rings. The van der Waals surface area contributed by atoms with Crippen LogP contribution < -0.4 is 16.7 Å². The summed E-state index contributed by atoms with van der Waals surface area (Å²) < 4.78 is 3.23. The molecule has 2 aromatic heterocycles. The van der Waals surface area contributed by atoms with E-state index in [4.69, 9.17) is 0 Å². The SMILES string of the molecule is CCCCCCCCCn1c(NN=C(C)CCCC)nc2c1c(=O)[nH]c(=O)n2C. The van der Waals surface area contributed by atoms with E-state index in [2.05, 4.69) is 34.3 Å². The largest absolute Gasteiger partial charge is 0.329 e. The van der Waals surface area contributed by atoms with Gasteiger partial charge in [-0.1, -0.05) is 58.8 Å². The monoisotopic (exact) mass is 404 g/mol. The molecule has 0 fully saturated rings. The van der Waals surface area contributed by atoms with Crippen molar-refractivity contribution in [2.45, 2.75) is 91.5 Å². The van der Waals surface area contributed by atoms with E-state index in [-0.39, 0.29) is 0 Å². The summed E-state index contributed by atoms with van der Waals surface area (Å²) in [6.07, 6.45) is 11.4. The second-order valence-electron chi connectivity index (χ2n) is 7.76. The Bertz CT molecular complexity index is 922. The maximum atomic E-state index is 12.5. The molecule has 0 aliphatic carbocycles. The maximum absolute atomic E-state index is 12.5. The molecule has 162 valence electrons. The highest BCUT2D eigenvalue weighted by Gasteiger charge is 2.17. The van der Waals surface area contributed by atoms with Crippen LogP contribution in [0.2, 0.25) is 0 Å². The van der Waals surface area contributed by atoms with Crippen molar-refractivity contribution in [3.8, 4) is 0 Å². The Labute approximate surface area is 172 Å². The van der Waals surface area contributed by atoms with Gasteiger partial charge in [-0.15, -0.1) is 0 Å². The minimum absolute atomic E-state index is 0.380. The molecule has 29 heavy (non-hydrogen) atoms. The number of hydrogen-bond acceptors (Lipinski definition) is 5. The standard InChI is InChI=1S/C21H36N6O2/c1-5-7-9-10-11-12-13-15-27-17-18(26(4)21(29)23-19(17)28)22-20(27)25-24-16(3)14-8-6-2/h5-15H2,1-4H3,(H,22,25)(H,23,28,29). The third-order valence-electron chi connectivity index (χ3n) is 5.23. The lowest BCUT2D eigenvalue weighted by Gasteiger charge is -2.09. The molecule has 0 radical (unpaired) electrons. The zero-order chi connectivity index (χ0) is 21.2. The molecule has 0 aliphatic rings. The van der Waals surface area contributed by atoms with Crippen LogP contribution in [-0.4, -0.2) is 24.8 Å². The highest BCUT2D eigenvalue weighted by atomic mass is 16.2. The Morgan fingerprint density at radius 2 is 1.69 bits per heavy atom. The summed E-state index contributed by atoms with van der Waals surface area (Å²) in [5.74, 6) is 0.508. The van der Waals surface area contributed by atoms with Crippen LogP contribution in [0.1, 0.15) is 85.0 Å². The van der Waals surface area contributed by atoms with E-state index in [0.29, 0.717) is 23.7 Å². The molecule has 0 unspecified atom stereocenters. The number of hydrogen-bond donors (Lipinski definition) is 2. The van der Waals surface area contributed by atoms with E-state index in [9.17, 15) is 9.59 Å². The number of aromatic nitrogens is 4. The second kappa shape index (κ2) is 11.6. The summed E-state index contributed by atoms with van der Waals surface area (Å²) in [6, 6.07) is 0. The molecule has 0 saturated heterocycles. The first-order valence-corrected chi connectivity index (χ1v) is 11.0. The summed E-state index contributed by atoms with van der Waals surface area (Å²) >= 11 is 0. The van der Waals surface area contributed by atoms with Crippen LogP contribution in [0, 0.1) is 0 Å². The van der Waals surface area contributed by atoms with E-state index in [0.717, 1.165) is 37.8 Å². The van der Waals surface area contributed by atoms with Gasteiger partial charge in [-0.05, 0) is 26.2 Å². The van der Waals surface area contributed by atoms with Gasteiger partial charge in [0, 0.05) is 19.3 Å². The Hall–Kier alpha value is -2.38. The van der Waals surface area contributed by atoms with Gasteiger partial charge in [0.05, 0.1) is 0 Å². The summed E-state index contributed by atoms with van der Waals surface area (Å²) in [7, 11) is 1.62. The average Bonchev–Trinajstić information content (AvgIpc) is 3.07. The third kappa shape index (κ3) is 6.30. The normalized spacial score (nSPS) is 12.1. The molecule has 0 saturated carbocycles. The van der Waals surface area contributed by atoms with Gasteiger partial charge in [0.25, 0.3) is 5.56 Å². The Morgan fingerprint density at radius 3 is 2.38 bits per heavy atom. The van der Waals surface area contributed by atoms with E-state index in [1.807, 2.05) is 11.5 Å². The van der Waals surface area contributed by atoms with Crippen LogP contribution in [0.15, 0.2) is 14.7 Å². The van der Waals surface area contributed by atoms with Crippen LogP contribution in [0.5, 0.6) is 0 Å². The molecular weight excluding hydrogens is 368 g/mol. The lowest BCUT2D eigenvalue weighted by molar-refractivity contribution is 0.556. The van der Waals surface area contributed by atoms with Gasteiger partial charge in [0.15, 0.2) is 11.2 Å². The molecule has 0 atom stereocenters. The zero-order valence-electron chi connectivity index (χ0n) is 18.4. The van der Waals surface area contributed by atoms with Crippen molar-refractivity contribution in [2.75, 3.05) is 5.43 Å². The number of nitrogens with zero attached hydrogens (tertiary/aromatic N) is 4. The quantitative estimate of drug-likeness (QED) is 0.298. The van der Waals surface area contributed by atoms with Gasteiger partial charge >= 0.3 is 5.69 Å². The van der Waals surface area contributed by atoms with Gasteiger partial charge in [0.1, 0.15) is 0 Å². The Morgan fingerprint density at radius 1 is 1.03 bits per heavy atom. The first kappa shape index (κ1) is 22.9. The van der Waals surface area contributed by atoms with Gasteiger partial charge in [-0.3, -0.25) is 14.3 Å². The van der Waals surface area contributed by atoms with Crippen molar-refractivity contribution >= 4 is 22.8 Å². The highest BCUT2D eigenvalue weighted by Crippen LogP contribution is 2.17. The summed E-state index contributed by atoms with van der Waals surface area (Å²) in [4.78, 5) is 31.3. The number of aromatic amines is 1. The summed E-state index contributed by atoms with van der Waals surface area (Å²) in [6.45, 7) is 7.01. The number of H-pyrrole nitrogens is 1. The lowest BCUT2D eigenvalue weighted by Crippen LogP contribution is -2.29. The number of fused-ring (bicyclic) bond motifs is 1. The molecular formula is C21H36N6O2. The van der Waals surface area contributed by atoms with Crippen molar-refractivity contribution in [3.63, 3.8) is 0 Å². The maximum Gasteiger partial charge on any atom is 0.329 e. The zero-order valence-corrected chi connectivity index (χ0v) is 18.4. The topological polar surface area (TPSA) is 97.1 Å². The predicted molar refractivity (Wildman–Crippen MR) is 120 cm³/mol. The number of anilines is 1. The lowest BCUT2D eigenvalue weighted by atomic mass is 10.1. The van der Waals surface area contributed by atoms with Gasteiger partial charge in [0.2, 0.25) is 5.95 Å². The first-order valence-electron chi connectivity index (χ1n) is 11.0. The van der Waals surface area contributed by atoms with Crippen LogP contribution in [0.4, 0.5) is 5.95 Å². The molecule has 0 aliphatic heterocycles. The number of imidazole rings is 1. The third-order valence-corrected chi connectivity index (χ3v) is 5.23. The fourth-order valence-corrected chi connectivity index (χ4v) is 3.40. The van der Waals surface area contributed by atoms with Gasteiger partial charge in [-0.2, -0.15) is 10.1 Å². The van der Waals surface area contributed by atoms with Crippen LogP contribution >= 0.6 is 0 Å². The van der Waals surface area contributed by atoms with Crippen molar-refractivity contribution in [1.82, 2.24) is 19.1 Å². The van der Waals surface area contributed by atoms with Crippen molar-refractivity contribution < 1.29 is 0 Å². The van der Waals surface area contributed by atoms with Crippen LogP contribution in [0.25, 0.3) is 11.2 Å². The highest BCUT2D eigenvalue weighted by molar-refractivity contribution is 5.82. The number of rotatable bonds is 13. The van der Waals surface area contributed by atoms with E-state index < -0.39 is 11.2 Å². The van der Waals surface area contributed by atoms with Crippen LogP contribution in [0.3, 0.4) is 0 Å². The number of aryl methyl sites for hydroxylation is 2. The summed E-state index contributed by atoms with van der Waals surface area (Å²) in [5.41, 5.74) is 3.95. The van der Waals surface area contributed by atoms with Crippen molar-refractivity contribution in [1.29, 1.82) is 0 Å². The number of unbranched alkanes of at least 4 members (excludes halogenated alkanes) is 7. The Kier molecular flexibility index (Phi) is 9.15. The molecule has 0 spiro atoms. The molecule has 0 amide bonds. The Balaban J connectivity index is 2.21. The fourth-order valence-electron chi connectivity index (χ4n) is 3.40. The minimum Gasteiger partial charge on any atom is -0.303 e. The second-order valence-corrected chi connectivity index (χ2v) is 7.76. The predicted octanol–water partition coefficient (Wildman–Crippen LogP) is 4.15. The average molecular weight is 405 g/mol. The van der Waals surface area contributed by atoms with Gasteiger partial charge < -0.3 is 4.57 Å². The van der Waals surface area contributed by atoms with Crippen molar-refractivity contribution in [3.05, 3.63) is 20.8 Å². The van der Waals surface area contributed by atoms with E-state index >= 15 is 0 Å². The fraction of sp³-hybridized carbons (Fsp3) is 0.714. The summed E-state index contributed by atoms with van der Waals surface area (Å²) in [5, 5.41) is 4.43. The minimum atomic E-state index is -0.461. The molecule has 2 N–H and O–H groups in total. The van der Waals surface area contributed by atoms with Gasteiger partial charge in [-0.25, -0.2) is 10.2 Å². The van der Waals surface area contributed by atoms with E-state index in [1.165, 1.54) is 36.7 Å². The molecule has 2 heterocycles. The molecule has 8 heteroatoms. The number of hydrazone groups is 1. The number of nitrogens with one attached hydrogen (secondary N) is 2. The molecule has 8 nitrogen and oxygen atoms in total. The first-order chi connectivity index (χ1) is 14.0. The van der Waals surface area contributed by atoms with E-state index in [1.54, 1.807) is 7.05 Å². The smallest absolute Gasteiger partial charge is 0.303 e.